The van der Waals surface area contributed by atoms with Gasteiger partial charge in [-0.3, -0.25) is 0 Å². The summed E-state index contributed by atoms with van der Waals surface area (Å²) in [4.78, 5) is 16.2. The number of nitrogens with zero attached hydrogens (tertiary/aromatic N) is 2. The Morgan fingerprint density at radius 3 is 2.07 bits per heavy atom. The van der Waals surface area contributed by atoms with Crippen molar-refractivity contribution in [2.24, 2.45) is 16.5 Å². The van der Waals surface area contributed by atoms with Crippen LogP contribution in [0.5, 0.6) is 5.75 Å². The first-order valence-corrected chi connectivity index (χ1v) is 9.55. The summed E-state index contributed by atoms with van der Waals surface area (Å²) in [5.41, 5.74) is 11.4. The maximum Gasteiger partial charge on any atom is 0.343 e. The lowest BCUT2D eigenvalue weighted by Gasteiger charge is -2.21. The van der Waals surface area contributed by atoms with Crippen molar-refractivity contribution < 1.29 is 17.9 Å². The van der Waals surface area contributed by atoms with Gasteiger partial charge >= 0.3 is 5.97 Å². The normalized spacial score (nSPS) is 11.4. The minimum atomic E-state index is -3.59. The van der Waals surface area contributed by atoms with E-state index in [1.54, 1.807) is 26.0 Å². The number of rotatable bonds is 6. The molecule has 9 heteroatoms. The van der Waals surface area contributed by atoms with Crippen LogP contribution in [0.2, 0.25) is 0 Å². The smallest absolute Gasteiger partial charge is 0.343 e. The maximum atomic E-state index is 12.4. The highest BCUT2D eigenvalue weighted by Gasteiger charge is 2.23. The second kappa shape index (κ2) is 8.19. The summed E-state index contributed by atoms with van der Waals surface area (Å²) >= 11 is 0. The van der Waals surface area contributed by atoms with Crippen LogP contribution in [-0.4, -0.2) is 37.7 Å². The van der Waals surface area contributed by atoms with Crippen LogP contribution in [0, 0.1) is 0 Å². The molecule has 0 aromatic heterocycles. The molecule has 0 heterocycles. The summed E-state index contributed by atoms with van der Waals surface area (Å²) in [6, 6.07) is 11.7. The minimum absolute atomic E-state index is 0.0801. The zero-order valence-corrected chi connectivity index (χ0v) is 16.1. The Morgan fingerprint density at radius 2 is 1.59 bits per heavy atom. The topological polar surface area (TPSA) is 128 Å². The number of benzene rings is 2. The Bertz CT molecular complexity index is 932. The molecule has 2 aromatic carbocycles. The fourth-order valence-corrected chi connectivity index (χ4v) is 3.48. The van der Waals surface area contributed by atoms with Crippen molar-refractivity contribution in [2.45, 2.75) is 24.8 Å². The van der Waals surface area contributed by atoms with E-state index in [4.69, 9.17) is 16.2 Å². The average molecular weight is 390 g/mol. The number of ether oxygens (including phenoxy) is 1. The van der Waals surface area contributed by atoms with Crippen LogP contribution >= 0.6 is 0 Å². The van der Waals surface area contributed by atoms with Crippen LogP contribution in [0.4, 0.5) is 5.69 Å². The number of hydrogen-bond donors (Lipinski definition) is 2. The van der Waals surface area contributed by atoms with Gasteiger partial charge in [0.1, 0.15) is 5.75 Å². The first kappa shape index (κ1) is 20.4. The molecule has 0 aliphatic rings. The maximum absolute atomic E-state index is 12.4. The molecule has 0 unspecified atom stereocenters. The summed E-state index contributed by atoms with van der Waals surface area (Å²) in [7, 11) is -2.08. The molecule has 8 nitrogen and oxygen atoms in total. The lowest BCUT2D eigenvalue weighted by Crippen LogP contribution is -2.33. The molecule has 0 bridgehead atoms. The van der Waals surface area contributed by atoms with E-state index in [0.717, 1.165) is 0 Å². The number of carbonyl (C=O) groups is 1. The number of aliphatic imine (C=N–C) groups is 1. The van der Waals surface area contributed by atoms with Gasteiger partial charge in [-0.05, 0) is 62.4 Å². The van der Waals surface area contributed by atoms with Crippen molar-refractivity contribution in [1.29, 1.82) is 0 Å². The first-order chi connectivity index (χ1) is 12.6. The predicted molar refractivity (Wildman–Crippen MR) is 103 cm³/mol. The van der Waals surface area contributed by atoms with Gasteiger partial charge in [-0.15, -0.1) is 0 Å². The Hall–Kier alpha value is -2.91. The van der Waals surface area contributed by atoms with Crippen LogP contribution in [0.1, 0.15) is 24.2 Å². The van der Waals surface area contributed by atoms with Crippen molar-refractivity contribution in [3.63, 3.8) is 0 Å². The summed E-state index contributed by atoms with van der Waals surface area (Å²) in [6.07, 6.45) is 0. The van der Waals surface area contributed by atoms with Crippen molar-refractivity contribution in [2.75, 3.05) is 7.05 Å². The van der Waals surface area contributed by atoms with Gasteiger partial charge < -0.3 is 16.2 Å². The fourth-order valence-electron chi connectivity index (χ4n) is 2.11. The van der Waals surface area contributed by atoms with Crippen LogP contribution in [-0.2, 0) is 10.0 Å². The van der Waals surface area contributed by atoms with Crippen molar-refractivity contribution in [3.8, 4) is 5.75 Å². The van der Waals surface area contributed by atoms with E-state index in [0.29, 0.717) is 11.3 Å². The third-order valence-electron chi connectivity index (χ3n) is 3.80. The molecule has 0 amide bonds. The molecule has 2 aromatic rings. The van der Waals surface area contributed by atoms with Crippen molar-refractivity contribution in [3.05, 3.63) is 54.1 Å². The van der Waals surface area contributed by atoms with Crippen LogP contribution < -0.4 is 16.2 Å². The van der Waals surface area contributed by atoms with Crippen LogP contribution in [0.25, 0.3) is 0 Å². The van der Waals surface area contributed by atoms with Gasteiger partial charge in [-0.25, -0.2) is 18.2 Å². The third kappa shape index (κ3) is 5.05. The number of esters is 1. The van der Waals surface area contributed by atoms with Gasteiger partial charge in [-0.1, -0.05) is 0 Å². The van der Waals surface area contributed by atoms with Gasteiger partial charge in [0.15, 0.2) is 5.96 Å². The Balaban J connectivity index is 2.12. The summed E-state index contributed by atoms with van der Waals surface area (Å²) in [5, 5.41) is 0. The highest BCUT2D eigenvalue weighted by Crippen LogP contribution is 2.21. The third-order valence-corrected chi connectivity index (χ3v) is 5.85. The van der Waals surface area contributed by atoms with E-state index < -0.39 is 16.0 Å². The Morgan fingerprint density at radius 1 is 1.04 bits per heavy atom. The van der Waals surface area contributed by atoms with Crippen LogP contribution in [0.15, 0.2) is 58.4 Å². The van der Waals surface area contributed by atoms with Crippen LogP contribution in [0.3, 0.4) is 0 Å². The van der Waals surface area contributed by atoms with E-state index in [1.807, 2.05) is 0 Å². The summed E-state index contributed by atoms with van der Waals surface area (Å²) in [5.74, 6) is -0.427. The van der Waals surface area contributed by atoms with Gasteiger partial charge in [0.25, 0.3) is 0 Å². The van der Waals surface area contributed by atoms with E-state index in [-0.39, 0.29) is 22.6 Å². The SMILES string of the molecule is CC(C)N(C)S(=O)(=O)c1ccc(OC(=O)c2ccc(N=C(N)N)cc2)cc1. The van der Waals surface area contributed by atoms with E-state index in [2.05, 4.69) is 4.99 Å². The zero-order chi connectivity index (χ0) is 20.2. The minimum Gasteiger partial charge on any atom is -0.423 e. The highest BCUT2D eigenvalue weighted by molar-refractivity contribution is 7.89. The van der Waals surface area contributed by atoms with Gasteiger partial charge in [0.05, 0.1) is 16.1 Å². The largest absolute Gasteiger partial charge is 0.423 e. The molecule has 0 saturated carbocycles. The van der Waals surface area contributed by atoms with Gasteiger partial charge in [-0.2, -0.15) is 4.31 Å². The molecular formula is C18H22N4O4S. The standard InChI is InChI=1S/C18H22N4O4S/c1-12(2)22(3)27(24,25)16-10-8-15(9-11-16)26-17(23)13-4-6-14(7-5-13)21-18(19)20/h4-12H,1-3H3,(H4,19,20,21). The molecule has 4 N–H and O–H groups in total. The first-order valence-electron chi connectivity index (χ1n) is 8.11. The quantitative estimate of drug-likeness (QED) is 0.335. The van der Waals surface area contributed by atoms with E-state index >= 15 is 0 Å². The number of guanidine groups is 1. The van der Waals surface area contributed by atoms with E-state index in [9.17, 15) is 13.2 Å². The van der Waals surface area contributed by atoms with E-state index in [1.165, 1.54) is 47.8 Å². The molecule has 0 radical (unpaired) electrons. The Labute approximate surface area is 158 Å². The second-order valence-electron chi connectivity index (χ2n) is 6.06. The number of hydrogen-bond acceptors (Lipinski definition) is 5. The summed E-state index contributed by atoms with van der Waals surface area (Å²) in [6.45, 7) is 3.57. The lowest BCUT2D eigenvalue weighted by atomic mass is 10.2. The molecule has 0 aliphatic heterocycles. The molecule has 0 atom stereocenters. The molecule has 0 aliphatic carbocycles. The predicted octanol–water partition coefficient (Wildman–Crippen LogP) is 1.84. The van der Waals surface area contributed by atoms with Crippen molar-refractivity contribution >= 4 is 27.6 Å². The molecule has 0 spiro atoms. The molecule has 144 valence electrons. The number of carbonyl (C=O) groups excluding carboxylic acids is 1. The Kier molecular flexibility index (Phi) is 6.19. The number of nitrogens with two attached hydrogens (primary N) is 2. The molecule has 27 heavy (non-hydrogen) atoms. The molecule has 0 fully saturated rings. The lowest BCUT2D eigenvalue weighted by molar-refractivity contribution is 0.0734. The average Bonchev–Trinajstić information content (AvgIpc) is 2.61. The molecule has 2 rings (SSSR count). The fraction of sp³-hybridized carbons (Fsp3) is 0.222. The van der Waals surface area contributed by atoms with Gasteiger partial charge in [0.2, 0.25) is 10.0 Å². The monoisotopic (exact) mass is 390 g/mol. The number of sulfonamides is 1. The van der Waals surface area contributed by atoms with Crippen molar-refractivity contribution in [1.82, 2.24) is 4.31 Å². The second-order valence-corrected chi connectivity index (χ2v) is 8.06. The summed E-state index contributed by atoms with van der Waals surface area (Å²) < 4.78 is 31.4. The highest BCUT2D eigenvalue weighted by atomic mass is 32.2. The zero-order valence-electron chi connectivity index (χ0n) is 15.3. The van der Waals surface area contributed by atoms with Gasteiger partial charge in [0, 0.05) is 13.1 Å². The molecule has 0 saturated heterocycles. The molecular weight excluding hydrogens is 368 g/mol.